The zero-order chi connectivity index (χ0) is 12.0. The lowest BCUT2D eigenvalue weighted by molar-refractivity contribution is -0.134. The standard InChI is InChI=1S/C12H24N2O2/c1-2-4-11(13)12(16)14-7-3-5-10(9-14)6-8-15/h10-11,15H,2-9,13H2,1H3. The van der Waals surface area contributed by atoms with Gasteiger partial charge in [-0.05, 0) is 31.6 Å². The number of piperidine rings is 1. The fourth-order valence-corrected chi connectivity index (χ4v) is 2.35. The van der Waals surface area contributed by atoms with Gasteiger partial charge in [0.15, 0.2) is 0 Å². The lowest BCUT2D eigenvalue weighted by Gasteiger charge is -2.34. The summed E-state index contributed by atoms with van der Waals surface area (Å²) in [5.41, 5.74) is 5.84. The Morgan fingerprint density at radius 1 is 1.62 bits per heavy atom. The molecule has 0 radical (unpaired) electrons. The smallest absolute Gasteiger partial charge is 0.239 e. The highest BCUT2D eigenvalue weighted by molar-refractivity contribution is 5.81. The van der Waals surface area contributed by atoms with E-state index in [1.165, 1.54) is 0 Å². The first-order valence-electron chi connectivity index (χ1n) is 6.34. The summed E-state index contributed by atoms with van der Waals surface area (Å²) in [7, 11) is 0. The van der Waals surface area contributed by atoms with E-state index in [1.807, 2.05) is 11.8 Å². The topological polar surface area (TPSA) is 66.6 Å². The molecule has 0 aromatic carbocycles. The second-order valence-corrected chi connectivity index (χ2v) is 4.70. The average molecular weight is 228 g/mol. The van der Waals surface area contributed by atoms with Gasteiger partial charge in [-0.3, -0.25) is 4.79 Å². The molecule has 1 heterocycles. The van der Waals surface area contributed by atoms with Crippen LogP contribution >= 0.6 is 0 Å². The second-order valence-electron chi connectivity index (χ2n) is 4.70. The van der Waals surface area contributed by atoms with Crippen molar-refractivity contribution in [2.75, 3.05) is 19.7 Å². The van der Waals surface area contributed by atoms with E-state index < -0.39 is 0 Å². The van der Waals surface area contributed by atoms with Crippen LogP contribution in [0, 0.1) is 5.92 Å². The first kappa shape index (κ1) is 13.5. The van der Waals surface area contributed by atoms with E-state index >= 15 is 0 Å². The lowest BCUT2D eigenvalue weighted by Crippen LogP contribution is -2.48. The number of amides is 1. The Kier molecular flexibility index (Phi) is 5.77. The third kappa shape index (κ3) is 3.76. The summed E-state index contributed by atoms with van der Waals surface area (Å²) in [6.07, 6.45) is 4.66. The molecular formula is C12H24N2O2. The Bertz CT molecular complexity index is 219. The first-order valence-corrected chi connectivity index (χ1v) is 6.34. The highest BCUT2D eigenvalue weighted by Crippen LogP contribution is 2.20. The van der Waals surface area contributed by atoms with Crippen molar-refractivity contribution in [1.82, 2.24) is 4.90 Å². The number of aliphatic hydroxyl groups excluding tert-OH is 1. The molecule has 3 N–H and O–H groups in total. The molecule has 1 aliphatic rings. The Hall–Kier alpha value is -0.610. The fraction of sp³-hybridized carbons (Fsp3) is 0.917. The van der Waals surface area contributed by atoms with Crippen LogP contribution in [0.5, 0.6) is 0 Å². The monoisotopic (exact) mass is 228 g/mol. The zero-order valence-corrected chi connectivity index (χ0v) is 10.2. The van der Waals surface area contributed by atoms with E-state index in [0.29, 0.717) is 5.92 Å². The molecule has 0 aromatic rings. The van der Waals surface area contributed by atoms with Crippen LogP contribution in [0.4, 0.5) is 0 Å². The van der Waals surface area contributed by atoms with Gasteiger partial charge < -0.3 is 15.7 Å². The summed E-state index contributed by atoms with van der Waals surface area (Å²) in [5.74, 6) is 0.543. The maximum absolute atomic E-state index is 12.0. The fourth-order valence-electron chi connectivity index (χ4n) is 2.35. The number of hydrogen-bond donors (Lipinski definition) is 2. The number of nitrogens with zero attached hydrogens (tertiary/aromatic N) is 1. The van der Waals surface area contributed by atoms with Gasteiger partial charge in [0, 0.05) is 19.7 Å². The molecule has 1 rings (SSSR count). The summed E-state index contributed by atoms with van der Waals surface area (Å²) in [4.78, 5) is 13.9. The molecular weight excluding hydrogens is 204 g/mol. The third-order valence-corrected chi connectivity index (χ3v) is 3.28. The Labute approximate surface area is 97.8 Å². The minimum Gasteiger partial charge on any atom is -0.396 e. The molecule has 16 heavy (non-hydrogen) atoms. The van der Waals surface area contributed by atoms with E-state index in [-0.39, 0.29) is 18.6 Å². The second kappa shape index (κ2) is 6.86. The maximum atomic E-state index is 12.0. The molecule has 0 spiro atoms. The van der Waals surface area contributed by atoms with Gasteiger partial charge in [0.05, 0.1) is 6.04 Å². The van der Waals surface area contributed by atoms with Gasteiger partial charge in [-0.1, -0.05) is 13.3 Å². The Morgan fingerprint density at radius 3 is 3.00 bits per heavy atom. The van der Waals surface area contributed by atoms with Gasteiger partial charge in [0.25, 0.3) is 0 Å². The minimum atomic E-state index is -0.335. The number of hydrogen-bond acceptors (Lipinski definition) is 3. The van der Waals surface area contributed by atoms with Crippen LogP contribution in [-0.2, 0) is 4.79 Å². The summed E-state index contributed by atoms with van der Waals surface area (Å²) in [5, 5.41) is 8.91. The molecule has 4 heteroatoms. The van der Waals surface area contributed by atoms with Crippen molar-refractivity contribution in [1.29, 1.82) is 0 Å². The van der Waals surface area contributed by atoms with Crippen LogP contribution in [0.15, 0.2) is 0 Å². The van der Waals surface area contributed by atoms with Crippen molar-refractivity contribution in [2.24, 2.45) is 11.7 Å². The molecule has 0 saturated carbocycles. The van der Waals surface area contributed by atoms with Crippen LogP contribution in [0.2, 0.25) is 0 Å². The minimum absolute atomic E-state index is 0.0875. The van der Waals surface area contributed by atoms with Crippen LogP contribution in [-0.4, -0.2) is 41.7 Å². The predicted octanol–water partition coefficient (Wildman–Crippen LogP) is 0.735. The Morgan fingerprint density at radius 2 is 2.38 bits per heavy atom. The quantitative estimate of drug-likeness (QED) is 0.729. The highest BCUT2D eigenvalue weighted by Gasteiger charge is 2.26. The third-order valence-electron chi connectivity index (χ3n) is 3.28. The van der Waals surface area contributed by atoms with Crippen LogP contribution < -0.4 is 5.73 Å². The number of nitrogens with two attached hydrogens (primary N) is 1. The van der Waals surface area contributed by atoms with Gasteiger partial charge in [0.1, 0.15) is 0 Å². The molecule has 0 aromatic heterocycles. The summed E-state index contributed by atoms with van der Waals surface area (Å²) in [6, 6.07) is -0.335. The van der Waals surface area contributed by atoms with E-state index in [9.17, 15) is 4.79 Å². The highest BCUT2D eigenvalue weighted by atomic mass is 16.3. The van der Waals surface area contributed by atoms with Gasteiger partial charge in [-0.15, -0.1) is 0 Å². The molecule has 4 nitrogen and oxygen atoms in total. The number of likely N-dealkylation sites (tertiary alicyclic amines) is 1. The van der Waals surface area contributed by atoms with Crippen molar-refractivity contribution in [3.8, 4) is 0 Å². The van der Waals surface area contributed by atoms with Crippen LogP contribution in [0.3, 0.4) is 0 Å². The van der Waals surface area contributed by atoms with Crippen molar-refractivity contribution >= 4 is 5.91 Å². The predicted molar refractivity (Wildman–Crippen MR) is 63.9 cm³/mol. The van der Waals surface area contributed by atoms with Crippen molar-refractivity contribution < 1.29 is 9.90 Å². The molecule has 0 bridgehead atoms. The van der Waals surface area contributed by atoms with Crippen molar-refractivity contribution in [2.45, 2.75) is 45.1 Å². The Balaban J connectivity index is 2.43. The summed E-state index contributed by atoms with van der Waals surface area (Å²) in [6.45, 7) is 3.86. The molecule has 0 aliphatic carbocycles. The lowest BCUT2D eigenvalue weighted by atomic mass is 9.94. The number of carbonyl (C=O) groups is 1. The number of carbonyl (C=O) groups excluding carboxylic acids is 1. The van der Waals surface area contributed by atoms with E-state index in [2.05, 4.69) is 0 Å². The van der Waals surface area contributed by atoms with Crippen molar-refractivity contribution in [3.63, 3.8) is 0 Å². The number of rotatable bonds is 5. The van der Waals surface area contributed by atoms with E-state index in [0.717, 1.165) is 45.2 Å². The molecule has 94 valence electrons. The number of aliphatic hydroxyl groups is 1. The van der Waals surface area contributed by atoms with Crippen LogP contribution in [0.1, 0.15) is 39.0 Å². The molecule has 2 atom stereocenters. The molecule has 1 fully saturated rings. The van der Waals surface area contributed by atoms with Crippen LogP contribution in [0.25, 0.3) is 0 Å². The van der Waals surface area contributed by atoms with Gasteiger partial charge >= 0.3 is 0 Å². The first-order chi connectivity index (χ1) is 7.69. The largest absolute Gasteiger partial charge is 0.396 e. The zero-order valence-electron chi connectivity index (χ0n) is 10.2. The molecule has 1 saturated heterocycles. The van der Waals surface area contributed by atoms with E-state index in [4.69, 9.17) is 10.8 Å². The summed E-state index contributed by atoms with van der Waals surface area (Å²) < 4.78 is 0. The molecule has 1 aliphatic heterocycles. The molecule has 2 unspecified atom stereocenters. The van der Waals surface area contributed by atoms with Gasteiger partial charge in [-0.25, -0.2) is 0 Å². The molecule has 1 amide bonds. The van der Waals surface area contributed by atoms with Crippen molar-refractivity contribution in [3.05, 3.63) is 0 Å². The van der Waals surface area contributed by atoms with Gasteiger partial charge in [-0.2, -0.15) is 0 Å². The normalized spacial score (nSPS) is 23.2. The van der Waals surface area contributed by atoms with Gasteiger partial charge in [0.2, 0.25) is 5.91 Å². The summed E-state index contributed by atoms with van der Waals surface area (Å²) >= 11 is 0. The van der Waals surface area contributed by atoms with E-state index in [1.54, 1.807) is 0 Å². The SMILES string of the molecule is CCCC(N)C(=O)N1CCCC(CCO)C1. The maximum Gasteiger partial charge on any atom is 0.239 e. The average Bonchev–Trinajstić information content (AvgIpc) is 2.29.